The first-order valence-corrected chi connectivity index (χ1v) is 8.11. The average molecular weight is 282 g/mol. The Morgan fingerprint density at radius 1 is 1.15 bits per heavy atom. The second-order valence-corrected chi connectivity index (χ2v) is 7.21. The fraction of sp³-hybridized carbons (Fsp3) is 0.938. The predicted molar refractivity (Wildman–Crippen MR) is 80.7 cm³/mol. The molecule has 0 radical (unpaired) electrons. The van der Waals surface area contributed by atoms with Gasteiger partial charge in [-0.05, 0) is 39.5 Å². The van der Waals surface area contributed by atoms with E-state index in [2.05, 4.69) is 26.1 Å². The third kappa shape index (κ3) is 4.45. The van der Waals surface area contributed by atoms with Crippen molar-refractivity contribution in [1.82, 2.24) is 10.2 Å². The lowest BCUT2D eigenvalue weighted by atomic mass is 9.82. The van der Waals surface area contributed by atoms with E-state index in [1.807, 2.05) is 4.90 Å². The van der Waals surface area contributed by atoms with Crippen LogP contribution in [0, 0.1) is 5.92 Å². The summed E-state index contributed by atoms with van der Waals surface area (Å²) in [6.45, 7) is 9.29. The van der Waals surface area contributed by atoms with Gasteiger partial charge in [0.05, 0.1) is 19.3 Å². The minimum atomic E-state index is -0.0237. The van der Waals surface area contributed by atoms with Crippen LogP contribution in [-0.4, -0.2) is 48.7 Å². The highest BCUT2D eigenvalue weighted by Crippen LogP contribution is 2.28. The van der Waals surface area contributed by atoms with Gasteiger partial charge in [0.25, 0.3) is 0 Å². The number of ether oxygens (including phenoxy) is 1. The highest BCUT2D eigenvalue weighted by Gasteiger charge is 2.35. The Bertz CT molecular complexity index is 313. The molecule has 0 aromatic carbocycles. The van der Waals surface area contributed by atoms with Crippen LogP contribution in [0.1, 0.15) is 52.9 Å². The molecule has 0 unspecified atom stereocenters. The van der Waals surface area contributed by atoms with Gasteiger partial charge in [-0.3, -0.25) is 4.79 Å². The van der Waals surface area contributed by atoms with Crippen molar-refractivity contribution in [2.24, 2.45) is 5.92 Å². The predicted octanol–water partition coefficient (Wildman–Crippen LogP) is 2.18. The van der Waals surface area contributed by atoms with Crippen LogP contribution in [-0.2, 0) is 9.53 Å². The second kappa shape index (κ2) is 6.90. The number of morpholine rings is 1. The number of hydrogen-bond donors (Lipinski definition) is 1. The molecule has 1 aliphatic carbocycles. The molecule has 1 amide bonds. The first-order valence-electron chi connectivity index (χ1n) is 8.11. The monoisotopic (exact) mass is 282 g/mol. The van der Waals surface area contributed by atoms with Crippen LogP contribution < -0.4 is 5.32 Å². The Hall–Kier alpha value is -0.610. The molecule has 1 saturated heterocycles. The van der Waals surface area contributed by atoms with E-state index in [1.165, 1.54) is 32.1 Å². The molecule has 4 heteroatoms. The van der Waals surface area contributed by atoms with Gasteiger partial charge in [0.15, 0.2) is 0 Å². The van der Waals surface area contributed by atoms with Crippen molar-refractivity contribution in [3.05, 3.63) is 0 Å². The van der Waals surface area contributed by atoms with Gasteiger partial charge in [0.1, 0.15) is 0 Å². The zero-order chi connectivity index (χ0) is 14.6. The third-order valence-electron chi connectivity index (χ3n) is 4.30. The molecule has 1 N–H and O–H groups in total. The summed E-state index contributed by atoms with van der Waals surface area (Å²) in [5, 5.41) is 3.59. The number of nitrogens with one attached hydrogen (secondary N) is 1. The van der Waals surface area contributed by atoms with Gasteiger partial charge in [-0.1, -0.05) is 19.3 Å². The molecule has 20 heavy (non-hydrogen) atoms. The van der Waals surface area contributed by atoms with Gasteiger partial charge in [-0.2, -0.15) is 0 Å². The van der Waals surface area contributed by atoms with Crippen molar-refractivity contribution >= 4 is 5.91 Å². The first-order chi connectivity index (χ1) is 9.47. The molecule has 0 aromatic rings. The molecule has 1 heterocycles. The molecule has 0 bridgehead atoms. The molecular weight excluding hydrogens is 252 g/mol. The minimum absolute atomic E-state index is 0.0200. The summed E-state index contributed by atoms with van der Waals surface area (Å²) >= 11 is 0. The largest absolute Gasteiger partial charge is 0.378 e. The van der Waals surface area contributed by atoms with Gasteiger partial charge < -0.3 is 15.0 Å². The number of carbonyl (C=O) groups excluding carboxylic acids is 1. The van der Waals surface area contributed by atoms with Crippen LogP contribution in [0.15, 0.2) is 0 Å². The topological polar surface area (TPSA) is 41.6 Å². The molecule has 4 nitrogen and oxygen atoms in total. The van der Waals surface area contributed by atoms with Crippen molar-refractivity contribution in [3.8, 4) is 0 Å². The molecule has 2 fully saturated rings. The molecule has 116 valence electrons. The van der Waals surface area contributed by atoms with E-state index < -0.39 is 0 Å². The molecule has 0 spiro atoms. The van der Waals surface area contributed by atoms with Crippen LogP contribution >= 0.6 is 0 Å². The molecule has 1 aliphatic heterocycles. The lowest BCUT2D eigenvalue weighted by Crippen LogP contribution is -2.57. The molecule has 2 rings (SSSR count). The molecule has 2 aliphatic rings. The van der Waals surface area contributed by atoms with Gasteiger partial charge in [-0.15, -0.1) is 0 Å². The number of hydrogen-bond acceptors (Lipinski definition) is 3. The Morgan fingerprint density at radius 3 is 2.30 bits per heavy atom. The maximum absolute atomic E-state index is 12.9. The number of nitrogens with zero attached hydrogens (tertiary/aromatic N) is 1. The zero-order valence-electron chi connectivity index (χ0n) is 13.3. The van der Waals surface area contributed by atoms with Crippen LogP contribution in [0.2, 0.25) is 0 Å². The van der Waals surface area contributed by atoms with Crippen molar-refractivity contribution < 1.29 is 9.53 Å². The number of rotatable bonds is 3. The van der Waals surface area contributed by atoms with Gasteiger partial charge in [-0.25, -0.2) is 0 Å². The summed E-state index contributed by atoms with van der Waals surface area (Å²) in [5.74, 6) is 0.786. The highest BCUT2D eigenvalue weighted by atomic mass is 16.5. The number of amides is 1. The number of carbonyl (C=O) groups is 1. The fourth-order valence-corrected chi connectivity index (χ4v) is 3.30. The smallest absolute Gasteiger partial charge is 0.240 e. The summed E-state index contributed by atoms with van der Waals surface area (Å²) in [6, 6.07) is -0.0200. The minimum Gasteiger partial charge on any atom is -0.378 e. The van der Waals surface area contributed by atoms with E-state index in [0.717, 1.165) is 13.1 Å². The zero-order valence-corrected chi connectivity index (χ0v) is 13.3. The summed E-state index contributed by atoms with van der Waals surface area (Å²) in [4.78, 5) is 14.9. The second-order valence-electron chi connectivity index (χ2n) is 7.21. The quantitative estimate of drug-likeness (QED) is 0.862. The van der Waals surface area contributed by atoms with E-state index in [-0.39, 0.29) is 17.5 Å². The van der Waals surface area contributed by atoms with Crippen molar-refractivity contribution in [2.75, 3.05) is 26.3 Å². The average Bonchev–Trinajstić information content (AvgIpc) is 2.45. The normalized spacial score (nSPS) is 23.6. The van der Waals surface area contributed by atoms with E-state index in [4.69, 9.17) is 4.74 Å². The Balaban J connectivity index is 2.05. The Morgan fingerprint density at radius 2 is 1.75 bits per heavy atom. The maximum atomic E-state index is 12.9. The van der Waals surface area contributed by atoms with Gasteiger partial charge in [0, 0.05) is 18.6 Å². The highest BCUT2D eigenvalue weighted by molar-refractivity contribution is 5.82. The van der Waals surface area contributed by atoms with Crippen molar-refractivity contribution in [1.29, 1.82) is 0 Å². The molecule has 0 aromatic heterocycles. The summed E-state index contributed by atoms with van der Waals surface area (Å²) in [5.41, 5.74) is -0.0237. The summed E-state index contributed by atoms with van der Waals surface area (Å²) in [6.07, 6.45) is 6.23. The SMILES string of the molecule is CC(C)(C)N[C@H](C(=O)N1CCOCC1)C1CCCCC1. The Labute approximate surface area is 123 Å². The molecule has 1 atom stereocenters. The standard InChI is InChI=1S/C16H30N2O2/c1-16(2,3)17-14(13-7-5-4-6-8-13)15(19)18-9-11-20-12-10-18/h13-14,17H,4-12H2,1-3H3/t14-/m0/s1. The summed E-state index contributed by atoms with van der Waals surface area (Å²) < 4.78 is 5.36. The van der Waals surface area contributed by atoms with Crippen molar-refractivity contribution in [3.63, 3.8) is 0 Å². The van der Waals surface area contributed by atoms with E-state index >= 15 is 0 Å². The van der Waals surface area contributed by atoms with E-state index in [0.29, 0.717) is 19.1 Å². The maximum Gasteiger partial charge on any atom is 0.240 e. The van der Waals surface area contributed by atoms with Gasteiger partial charge >= 0.3 is 0 Å². The lowest BCUT2D eigenvalue weighted by molar-refractivity contribution is -0.140. The van der Waals surface area contributed by atoms with Gasteiger partial charge in [0.2, 0.25) is 5.91 Å². The third-order valence-corrected chi connectivity index (χ3v) is 4.30. The molecule has 1 saturated carbocycles. The first kappa shape index (κ1) is 15.8. The summed E-state index contributed by atoms with van der Waals surface area (Å²) in [7, 11) is 0. The van der Waals surface area contributed by atoms with Crippen LogP contribution in [0.3, 0.4) is 0 Å². The van der Waals surface area contributed by atoms with Crippen molar-refractivity contribution in [2.45, 2.75) is 64.5 Å². The van der Waals surface area contributed by atoms with Crippen LogP contribution in [0.4, 0.5) is 0 Å². The van der Waals surface area contributed by atoms with Crippen LogP contribution in [0.25, 0.3) is 0 Å². The Kier molecular flexibility index (Phi) is 5.44. The fourth-order valence-electron chi connectivity index (χ4n) is 3.30. The van der Waals surface area contributed by atoms with E-state index in [1.54, 1.807) is 0 Å². The van der Waals surface area contributed by atoms with Crippen LogP contribution in [0.5, 0.6) is 0 Å². The molecular formula is C16H30N2O2. The van der Waals surface area contributed by atoms with E-state index in [9.17, 15) is 4.79 Å². The lowest BCUT2D eigenvalue weighted by Gasteiger charge is -2.39.